The van der Waals surface area contributed by atoms with Crippen molar-refractivity contribution in [2.45, 2.75) is 13.8 Å². The molecule has 5 heteroatoms. The number of nitrogens with one attached hydrogen (secondary N) is 3. The van der Waals surface area contributed by atoms with Crippen LogP contribution in [0.25, 0.3) is 21.8 Å². The molecule has 0 atom stereocenters. The lowest BCUT2D eigenvalue weighted by molar-refractivity contribution is 0.262. The zero-order chi connectivity index (χ0) is 19.0. The van der Waals surface area contributed by atoms with Crippen LogP contribution in [0.5, 0.6) is 5.75 Å². The fourth-order valence-electron chi connectivity index (χ4n) is 3.40. The third-order valence-electron chi connectivity index (χ3n) is 4.80. The van der Waals surface area contributed by atoms with Crippen molar-refractivity contribution in [3.05, 3.63) is 65.7 Å². The van der Waals surface area contributed by atoms with Crippen LogP contribution < -0.4 is 15.4 Å². The predicted molar refractivity (Wildman–Crippen MR) is 111 cm³/mol. The Hall–Kier alpha value is -3.47. The van der Waals surface area contributed by atoms with E-state index < -0.39 is 0 Å². The van der Waals surface area contributed by atoms with Crippen molar-refractivity contribution in [3.8, 4) is 5.75 Å². The van der Waals surface area contributed by atoms with Crippen molar-refractivity contribution < 1.29 is 9.53 Å². The molecule has 3 aromatic carbocycles. The smallest absolute Gasteiger partial charge is 0.323 e. The molecule has 0 aliphatic rings. The molecule has 5 nitrogen and oxygen atoms in total. The molecule has 0 saturated carbocycles. The average Bonchev–Trinajstić information content (AvgIpc) is 3.07. The summed E-state index contributed by atoms with van der Waals surface area (Å²) in [4.78, 5) is 15.9. The number of methoxy groups -OCH3 is 1. The van der Waals surface area contributed by atoms with Crippen LogP contribution in [0.3, 0.4) is 0 Å². The van der Waals surface area contributed by atoms with Crippen molar-refractivity contribution in [3.63, 3.8) is 0 Å². The van der Waals surface area contributed by atoms with Crippen LogP contribution in [0.15, 0.2) is 54.6 Å². The Kier molecular flexibility index (Phi) is 4.20. The number of aromatic nitrogens is 1. The number of hydrogen-bond acceptors (Lipinski definition) is 2. The van der Waals surface area contributed by atoms with Gasteiger partial charge >= 0.3 is 6.03 Å². The molecule has 0 bridgehead atoms. The Morgan fingerprint density at radius 1 is 0.889 bits per heavy atom. The van der Waals surface area contributed by atoms with Gasteiger partial charge in [-0.15, -0.1) is 0 Å². The van der Waals surface area contributed by atoms with Crippen LogP contribution >= 0.6 is 0 Å². The Bertz CT molecular complexity index is 1140. The van der Waals surface area contributed by atoms with Crippen LogP contribution in [0.4, 0.5) is 16.2 Å². The van der Waals surface area contributed by atoms with Crippen LogP contribution in [-0.4, -0.2) is 18.1 Å². The average molecular weight is 359 g/mol. The SMILES string of the molecule is COc1ccc(NC(=O)Nc2cccc3c2[nH]c2c(C)ccc(C)c23)cc1. The maximum atomic E-state index is 12.5. The van der Waals surface area contributed by atoms with Gasteiger partial charge in [0.2, 0.25) is 0 Å². The summed E-state index contributed by atoms with van der Waals surface area (Å²) >= 11 is 0. The predicted octanol–water partition coefficient (Wildman–Crippen LogP) is 5.59. The molecule has 0 unspecified atom stereocenters. The molecule has 4 rings (SSSR count). The Morgan fingerprint density at radius 3 is 2.37 bits per heavy atom. The van der Waals surface area contributed by atoms with Gasteiger partial charge in [0.25, 0.3) is 0 Å². The molecule has 2 amide bonds. The van der Waals surface area contributed by atoms with E-state index in [0.29, 0.717) is 5.69 Å². The van der Waals surface area contributed by atoms with Crippen molar-refractivity contribution >= 4 is 39.2 Å². The first-order valence-corrected chi connectivity index (χ1v) is 8.79. The highest BCUT2D eigenvalue weighted by molar-refractivity contribution is 6.15. The summed E-state index contributed by atoms with van der Waals surface area (Å²) in [7, 11) is 1.61. The van der Waals surface area contributed by atoms with Gasteiger partial charge in [-0.25, -0.2) is 4.79 Å². The number of amides is 2. The molecule has 0 radical (unpaired) electrons. The number of fused-ring (bicyclic) bond motifs is 3. The number of hydrogen-bond donors (Lipinski definition) is 3. The Balaban J connectivity index is 1.66. The third kappa shape index (κ3) is 3.08. The quantitative estimate of drug-likeness (QED) is 0.446. The maximum absolute atomic E-state index is 12.5. The lowest BCUT2D eigenvalue weighted by Crippen LogP contribution is -2.19. The number of aromatic amines is 1. The van der Waals surface area contributed by atoms with Gasteiger partial charge in [0.05, 0.1) is 18.3 Å². The van der Waals surface area contributed by atoms with E-state index in [1.165, 1.54) is 16.5 Å². The lowest BCUT2D eigenvalue weighted by atomic mass is 10.0. The minimum Gasteiger partial charge on any atom is -0.497 e. The van der Waals surface area contributed by atoms with Gasteiger partial charge in [0, 0.05) is 22.0 Å². The standard InChI is InChI=1S/C22H21N3O2/c1-13-7-8-14(2)20-19(13)17-5-4-6-18(21(17)25-20)24-22(26)23-15-9-11-16(27-3)12-10-15/h4-12,25H,1-3H3,(H2,23,24,26). The summed E-state index contributed by atoms with van der Waals surface area (Å²) in [5, 5.41) is 8.10. The first-order chi connectivity index (χ1) is 13.1. The van der Waals surface area contributed by atoms with Gasteiger partial charge in [-0.05, 0) is 55.3 Å². The monoisotopic (exact) mass is 359 g/mol. The van der Waals surface area contributed by atoms with Crippen molar-refractivity contribution in [2.75, 3.05) is 17.7 Å². The first kappa shape index (κ1) is 17.0. The van der Waals surface area contributed by atoms with Gasteiger partial charge in [0.1, 0.15) is 5.75 Å². The normalized spacial score (nSPS) is 10.9. The highest BCUT2D eigenvalue weighted by Crippen LogP contribution is 2.33. The number of carbonyl (C=O) groups is 1. The van der Waals surface area contributed by atoms with Crippen molar-refractivity contribution in [1.29, 1.82) is 0 Å². The van der Waals surface area contributed by atoms with Gasteiger partial charge in [-0.1, -0.05) is 24.3 Å². The molecule has 0 aliphatic heterocycles. The minimum absolute atomic E-state index is 0.292. The summed E-state index contributed by atoms with van der Waals surface area (Å²) < 4.78 is 5.13. The Labute approximate surface area is 157 Å². The second-order valence-corrected chi connectivity index (χ2v) is 6.61. The van der Waals surface area contributed by atoms with Gasteiger partial charge < -0.3 is 20.4 Å². The molecule has 4 aromatic rings. The topological polar surface area (TPSA) is 66.2 Å². The van der Waals surface area contributed by atoms with Gasteiger partial charge in [-0.2, -0.15) is 0 Å². The largest absolute Gasteiger partial charge is 0.497 e. The summed E-state index contributed by atoms with van der Waals surface area (Å²) in [6, 6.07) is 17.1. The van der Waals surface area contributed by atoms with Crippen LogP contribution in [-0.2, 0) is 0 Å². The minimum atomic E-state index is -0.292. The molecular formula is C22H21N3O2. The first-order valence-electron chi connectivity index (χ1n) is 8.79. The van der Waals surface area contributed by atoms with E-state index in [-0.39, 0.29) is 6.03 Å². The third-order valence-corrected chi connectivity index (χ3v) is 4.80. The summed E-state index contributed by atoms with van der Waals surface area (Å²) in [5.74, 6) is 0.745. The molecular weight excluding hydrogens is 338 g/mol. The molecule has 27 heavy (non-hydrogen) atoms. The second-order valence-electron chi connectivity index (χ2n) is 6.61. The molecule has 3 N–H and O–H groups in total. The van der Waals surface area contributed by atoms with Crippen LogP contribution in [0, 0.1) is 13.8 Å². The van der Waals surface area contributed by atoms with Crippen molar-refractivity contribution in [2.24, 2.45) is 0 Å². The van der Waals surface area contributed by atoms with E-state index in [1.54, 1.807) is 31.4 Å². The van der Waals surface area contributed by atoms with E-state index in [4.69, 9.17) is 4.74 Å². The number of urea groups is 1. The highest BCUT2D eigenvalue weighted by atomic mass is 16.5. The molecule has 0 saturated heterocycles. The molecule has 136 valence electrons. The molecule has 1 heterocycles. The van der Waals surface area contributed by atoms with Crippen molar-refractivity contribution in [1.82, 2.24) is 4.98 Å². The number of H-pyrrole nitrogens is 1. The zero-order valence-electron chi connectivity index (χ0n) is 15.5. The maximum Gasteiger partial charge on any atom is 0.323 e. The highest BCUT2D eigenvalue weighted by Gasteiger charge is 2.13. The number of anilines is 2. The number of para-hydroxylation sites is 1. The summed E-state index contributed by atoms with van der Waals surface area (Å²) in [6.07, 6.45) is 0. The van der Waals surface area contributed by atoms with E-state index >= 15 is 0 Å². The van der Waals surface area contributed by atoms with Gasteiger partial charge in [0.15, 0.2) is 0 Å². The fourth-order valence-corrected chi connectivity index (χ4v) is 3.40. The summed E-state index contributed by atoms with van der Waals surface area (Å²) in [6.45, 7) is 4.19. The Morgan fingerprint density at radius 2 is 1.63 bits per heavy atom. The van der Waals surface area contributed by atoms with Crippen LogP contribution in [0.2, 0.25) is 0 Å². The number of rotatable bonds is 3. The van der Waals surface area contributed by atoms with E-state index in [1.807, 2.05) is 12.1 Å². The lowest BCUT2D eigenvalue weighted by Gasteiger charge is -2.09. The van der Waals surface area contributed by atoms with Crippen LogP contribution in [0.1, 0.15) is 11.1 Å². The molecule has 0 fully saturated rings. The van der Waals surface area contributed by atoms with Gasteiger partial charge in [-0.3, -0.25) is 0 Å². The fraction of sp³-hybridized carbons (Fsp3) is 0.136. The number of carbonyl (C=O) groups excluding carboxylic acids is 1. The summed E-state index contributed by atoms with van der Waals surface area (Å²) in [5.41, 5.74) is 5.86. The van der Waals surface area contributed by atoms with E-state index in [9.17, 15) is 4.79 Å². The van der Waals surface area contributed by atoms with E-state index in [2.05, 4.69) is 47.7 Å². The number of benzene rings is 3. The molecule has 0 aliphatic carbocycles. The number of ether oxygens (including phenoxy) is 1. The molecule has 0 spiro atoms. The number of aryl methyl sites for hydroxylation is 2. The van der Waals surface area contributed by atoms with E-state index in [0.717, 1.165) is 27.9 Å². The zero-order valence-corrected chi connectivity index (χ0v) is 15.5. The molecule has 1 aromatic heterocycles. The second kappa shape index (κ2) is 6.68.